The van der Waals surface area contributed by atoms with Gasteiger partial charge in [-0.25, -0.2) is 8.78 Å². The Morgan fingerprint density at radius 3 is 2.50 bits per heavy atom. The van der Waals surface area contributed by atoms with Crippen molar-refractivity contribution in [2.45, 2.75) is 45.6 Å². The molecule has 0 aliphatic heterocycles. The standard InChI is InChI=1S/C13H18F2O/c1-3-4-11(16)8-7-10-6-5-9(2)12(14)13(10)15/h5-6,11,16H,3-4,7-8H2,1-2H3. The monoisotopic (exact) mass is 228 g/mol. The van der Waals surface area contributed by atoms with Crippen LogP contribution < -0.4 is 0 Å². The first-order chi connectivity index (χ1) is 7.56. The van der Waals surface area contributed by atoms with Crippen LogP contribution in [0.25, 0.3) is 0 Å². The molecule has 1 aromatic carbocycles. The highest BCUT2D eigenvalue weighted by atomic mass is 19.2. The summed E-state index contributed by atoms with van der Waals surface area (Å²) in [5.74, 6) is -1.55. The minimum absolute atomic E-state index is 0.315. The zero-order valence-corrected chi connectivity index (χ0v) is 9.76. The molecular formula is C13H18F2O. The number of hydrogen-bond acceptors (Lipinski definition) is 1. The maximum atomic E-state index is 13.4. The molecule has 1 nitrogen and oxygen atoms in total. The van der Waals surface area contributed by atoms with Gasteiger partial charge in [0.05, 0.1) is 6.10 Å². The highest BCUT2D eigenvalue weighted by Crippen LogP contribution is 2.18. The summed E-state index contributed by atoms with van der Waals surface area (Å²) in [6.07, 6.45) is 2.04. The summed E-state index contributed by atoms with van der Waals surface area (Å²) < 4.78 is 26.7. The van der Waals surface area contributed by atoms with Crippen molar-refractivity contribution in [1.29, 1.82) is 0 Å². The maximum Gasteiger partial charge on any atom is 0.162 e. The molecule has 1 rings (SSSR count). The first-order valence-electron chi connectivity index (χ1n) is 5.67. The number of aliphatic hydroxyl groups is 1. The van der Waals surface area contributed by atoms with Crippen LogP contribution in [0.3, 0.4) is 0 Å². The number of hydrogen-bond donors (Lipinski definition) is 1. The van der Waals surface area contributed by atoms with Gasteiger partial charge < -0.3 is 5.11 Å². The van der Waals surface area contributed by atoms with Crippen LogP contribution in [-0.4, -0.2) is 11.2 Å². The topological polar surface area (TPSA) is 20.2 Å². The molecule has 0 bridgehead atoms. The summed E-state index contributed by atoms with van der Waals surface area (Å²) >= 11 is 0. The van der Waals surface area contributed by atoms with Gasteiger partial charge in [0.2, 0.25) is 0 Å². The Morgan fingerprint density at radius 2 is 1.88 bits per heavy atom. The van der Waals surface area contributed by atoms with Crippen molar-refractivity contribution in [3.05, 3.63) is 34.9 Å². The third kappa shape index (κ3) is 3.27. The Labute approximate surface area is 95.1 Å². The van der Waals surface area contributed by atoms with Crippen molar-refractivity contribution < 1.29 is 13.9 Å². The molecule has 90 valence electrons. The fourth-order valence-electron chi connectivity index (χ4n) is 1.68. The lowest BCUT2D eigenvalue weighted by molar-refractivity contribution is 0.153. The van der Waals surface area contributed by atoms with E-state index in [1.165, 1.54) is 6.92 Å². The molecule has 0 spiro atoms. The van der Waals surface area contributed by atoms with E-state index in [4.69, 9.17) is 0 Å². The van der Waals surface area contributed by atoms with Gasteiger partial charge >= 0.3 is 0 Å². The van der Waals surface area contributed by atoms with Gasteiger partial charge in [-0.15, -0.1) is 0 Å². The molecule has 16 heavy (non-hydrogen) atoms. The van der Waals surface area contributed by atoms with Crippen LogP contribution in [0.5, 0.6) is 0 Å². The lowest BCUT2D eigenvalue weighted by Crippen LogP contribution is -2.08. The average molecular weight is 228 g/mol. The normalized spacial score (nSPS) is 12.8. The largest absolute Gasteiger partial charge is 0.393 e. The molecule has 1 N–H and O–H groups in total. The lowest BCUT2D eigenvalue weighted by Gasteiger charge is -2.10. The van der Waals surface area contributed by atoms with E-state index in [9.17, 15) is 13.9 Å². The van der Waals surface area contributed by atoms with Crippen molar-refractivity contribution in [1.82, 2.24) is 0 Å². The first kappa shape index (κ1) is 13.1. The van der Waals surface area contributed by atoms with E-state index in [0.29, 0.717) is 30.4 Å². The molecule has 3 heteroatoms. The number of halogens is 2. The second-order valence-electron chi connectivity index (χ2n) is 4.15. The van der Waals surface area contributed by atoms with E-state index >= 15 is 0 Å². The van der Waals surface area contributed by atoms with E-state index in [-0.39, 0.29) is 0 Å². The minimum atomic E-state index is -0.775. The van der Waals surface area contributed by atoms with Crippen molar-refractivity contribution in [3.8, 4) is 0 Å². The molecule has 0 saturated heterocycles. The van der Waals surface area contributed by atoms with E-state index < -0.39 is 17.7 Å². The molecule has 0 aliphatic carbocycles. The van der Waals surface area contributed by atoms with Crippen LogP contribution >= 0.6 is 0 Å². The Hall–Kier alpha value is -0.960. The van der Waals surface area contributed by atoms with Gasteiger partial charge in [0.15, 0.2) is 11.6 Å². The SMILES string of the molecule is CCCC(O)CCc1ccc(C)c(F)c1F. The first-order valence-corrected chi connectivity index (χ1v) is 5.67. The molecule has 1 aromatic rings. The summed E-state index contributed by atoms with van der Waals surface area (Å²) in [6.45, 7) is 3.52. The highest BCUT2D eigenvalue weighted by molar-refractivity contribution is 5.25. The van der Waals surface area contributed by atoms with Gasteiger partial charge in [0.1, 0.15) is 0 Å². The number of rotatable bonds is 5. The molecule has 0 aliphatic rings. The second-order valence-corrected chi connectivity index (χ2v) is 4.15. The van der Waals surface area contributed by atoms with Crippen LogP contribution in [0.4, 0.5) is 8.78 Å². The van der Waals surface area contributed by atoms with Gasteiger partial charge in [0, 0.05) is 0 Å². The minimum Gasteiger partial charge on any atom is -0.393 e. The summed E-state index contributed by atoms with van der Waals surface area (Å²) in [6, 6.07) is 3.16. The molecule has 1 unspecified atom stereocenters. The van der Waals surface area contributed by atoms with Gasteiger partial charge in [-0.3, -0.25) is 0 Å². The van der Waals surface area contributed by atoms with Crippen molar-refractivity contribution in [3.63, 3.8) is 0 Å². The Kier molecular flexibility index (Phi) is 4.87. The third-order valence-electron chi connectivity index (χ3n) is 2.72. The fourth-order valence-corrected chi connectivity index (χ4v) is 1.68. The van der Waals surface area contributed by atoms with E-state index in [1.54, 1.807) is 12.1 Å². The van der Waals surface area contributed by atoms with Crippen molar-refractivity contribution >= 4 is 0 Å². The molecule has 0 amide bonds. The lowest BCUT2D eigenvalue weighted by atomic mass is 10.0. The third-order valence-corrected chi connectivity index (χ3v) is 2.72. The molecule has 0 fully saturated rings. The zero-order valence-electron chi connectivity index (χ0n) is 9.76. The maximum absolute atomic E-state index is 13.4. The number of benzene rings is 1. The molecule has 1 atom stereocenters. The number of aliphatic hydroxyl groups excluding tert-OH is 1. The molecule has 0 radical (unpaired) electrons. The van der Waals surface area contributed by atoms with Gasteiger partial charge in [-0.1, -0.05) is 25.5 Å². The van der Waals surface area contributed by atoms with E-state index in [1.807, 2.05) is 6.92 Å². The van der Waals surface area contributed by atoms with Gasteiger partial charge in [0.25, 0.3) is 0 Å². The average Bonchev–Trinajstić information content (AvgIpc) is 2.25. The quantitative estimate of drug-likeness (QED) is 0.819. The zero-order chi connectivity index (χ0) is 12.1. The molecule has 0 saturated carbocycles. The van der Waals surface area contributed by atoms with E-state index in [0.717, 1.165) is 6.42 Å². The Balaban J connectivity index is 2.64. The van der Waals surface area contributed by atoms with Crippen molar-refractivity contribution in [2.75, 3.05) is 0 Å². The summed E-state index contributed by atoms with van der Waals surface area (Å²) in [7, 11) is 0. The van der Waals surface area contributed by atoms with Crippen LogP contribution in [-0.2, 0) is 6.42 Å². The smallest absolute Gasteiger partial charge is 0.162 e. The van der Waals surface area contributed by atoms with Crippen molar-refractivity contribution in [2.24, 2.45) is 0 Å². The molecule has 0 aromatic heterocycles. The second kappa shape index (κ2) is 5.94. The van der Waals surface area contributed by atoms with Crippen LogP contribution in [0.1, 0.15) is 37.3 Å². The Morgan fingerprint density at radius 1 is 1.19 bits per heavy atom. The molecular weight excluding hydrogens is 210 g/mol. The van der Waals surface area contributed by atoms with Gasteiger partial charge in [-0.05, 0) is 37.3 Å². The van der Waals surface area contributed by atoms with E-state index in [2.05, 4.69) is 0 Å². The number of aryl methyl sites for hydroxylation is 2. The van der Waals surface area contributed by atoms with Crippen LogP contribution in [0, 0.1) is 18.6 Å². The summed E-state index contributed by atoms with van der Waals surface area (Å²) in [5.41, 5.74) is 0.661. The van der Waals surface area contributed by atoms with Crippen LogP contribution in [0.15, 0.2) is 12.1 Å². The summed E-state index contributed by atoms with van der Waals surface area (Å²) in [4.78, 5) is 0. The van der Waals surface area contributed by atoms with Crippen LogP contribution in [0.2, 0.25) is 0 Å². The Bertz CT molecular complexity index is 350. The fraction of sp³-hybridized carbons (Fsp3) is 0.538. The molecule has 0 heterocycles. The van der Waals surface area contributed by atoms with Gasteiger partial charge in [-0.2, -0.15) is 0 Å². The highest BCUT2D eigenvalue weighted by Gasteiger charge is 2.12. The predicted molar refractivity (Wildman–Crippen MR) is 60.3 cm³/mol. The predicted octanol–water partition coefficient (Wildman–Crippen LogP) is 3.37. The summed E-state index contributed by atoms with van der Waals surface area (Å²) in [5, 5.41) is 9.51.